The monoisotopic (exact) mass is 253 g/mol. The maximum absolute atomic E-state index is 13.3. The number of benzene rings is 2. The average molecular weight is 253 g/mol. The molecule has 0 saturated carbocycles. The molecule has 0 amide bonds. The summed E-state index contributed by atoms with van der Waals surface area (Å²) in [6.45, 7) is 2.14. The Morgan fingerprint density at radius 1 is 1.11 bits per heavy atom. The molecule has 0 unspecified atom stereocenters. The van der Waals surface area contributed by atoms with Crippen LogP contribution in [0.2, 0.25) is 0 Å². The minimum atomic E-state index is -0.164. The zero-order chi connectivity index (χ0) is 13.2. The number of halogens is 1. The molecule has 0 aliphatic heterocycles. The van der Waals surface area contributed by atoms with E-state index in [1.165, 1.54) is 17.0 Å². The van der Waals surface area contributed by atoms with Gasteiger partial charge in [0.15, 0.2) is 0 Å². The number of nitrogens with one attached hydrogen (secondary N) is 1. The molecule has 0 spiro atoms. The summed E-state index contributed by atoms with van der Waals surface area (Å²) in [5, 5.41) is 1.26. The molecule has 0 fully saturated rings. The van der Waals surface area contributed by atoms with Gasteiger partial charge in [0.25, 0.3) is 0 Å². The van der Waals surface area contributed by atoms with Gasteiger partial charge in [-0.25, -0.2) is 4.39 Å². The van der Waals surface area contributed by atoms with E-state index in [4.69, 9.17) is 0 Å². The van der Waals surface area contributed by atoms with Gasteiger partial charge in [0.1, 0.15) is 5.82 Å². The molecule has 1 nitrogen and oxygen atoms in total. The summed E-state index contributed by atoms with van der Waals surface area (Å²) in [7, 11) is 0. The first-order chi connectivity index (χ1) is 9.24. The fourth-order valence-electron chi connectivity index (χ4n) is 2.56. The summed E-state index contributed by atoms with van der Waals surface area (Å²) in [6, 6.07) is 15.1. The molecule has 3 aromatic rings. The molecule has 0 radical (unpaired) electrons. The summed E-state index contributed by atoms with van der Waals surface area (Å²) in [6.07, 6.45) is 2.97. The number of aromatic nitrogens is 1. The van der Waals surface area contributed by atoms with Crippen LogP contribution in [0.3, 0.4) is 0 Å². The van der Waals surface area contributed by atoms with Crippen LogP contribution >= 0.6 is 0 Å². The van der Waals surface area contributed by atoms with Gasteiger partial charge < -0.3 is 4.98 Å². The van der Waals surface area contributed by atoms with Crippen molar-refractivity contribution in [3.05, 3.63) is 71.7 Å². The van der Waals surface area contributed by atoms with Gasteiger partial charge >= 0.3 is 0 Å². The third kappa shape index (κ3) is 2.39. The van der Waals surface area contributed by atoms with Crippen LogP contribution in [-0.4, -0.2) is 4.98 Å². The normalized spacial score (nSPS) is 12.7. The van der Waals surface area contributed by atoms with E-state index < -0.39 is 0 Å². The van der Waals surface area contributed by atoms with Gasteiger partial charge in [0, 0.05) is 17.1 Å². The number of para-hydroxylation sites is 1. The van der Waals surface area contributed by atoms with Crippen LogP contribution in [0.4, 0.5) is 4.39 Å². The Bertz CT molecular complexity index is 699. The lowest BCUT2D eigenvalue weighted by Gasteiger charge is -2.11. The van der Waals surface area contributed by atoms with Crippen LogP contribution in [-0.2, 0) is 6.42 Å². The Balaban J connectivity index is 1.89. The molecule has 2 heteroatoms. The lowest BCUT2D eigenvalue weighted by atomic mass is 9.93. The van der Waals surface area contributed by atoms with E-state index in [0.29, 0.717) is 5.92 Å². The summed E-state index contributed by atoms with van der Waals surface area (Å²) in [5.41, 5.74) is 3.49. The maximum Gasteiger partial charge on any atom is 0.123 e. The van der Waals surface area contributed by atoms with Crippen LogP contribution in [0.1, 0.15) is 24.0 Å². The van der Waals surface area contributed by atoms with Crippen LogP contribution in [0.25, 0.3) is 10.9 Å². The third-order valence-corrected chi connectivity index (χ3v) is 3.62. The van der Waals surface area contributed by atoms with Crippen LogP contribution < -0.4 is 0 Å². The van der Waals surface area contributed by atoms with E-state index in [2.05, 4.69) is 30.2 Å². The van der Waals surface area contributed by atoms with Crippen LogP contribution in [0.5, 0.6) is 0 Å². The van der Waals surface area contributed by atoms with Gasteiger partial charge in [0.2, 0.25) is 0 Å². The standard InChI is InChI=1S/C17H16FN/c1-12(13-5-4-6-15(18)10-13)9-14-11-19-17-8-3-2-7-16(14)17/h2-8,10-12,19H,9H2,1H3/t12-/m1/s1. The number of fused-ring (bicyclic) bond motifs is 1. The first-order valence-corrected chi connectivity index (χ1v) is 6.54. The van der Waals surface area contributed by atoms with Crippen molar-refractivity contribution < 1.29 is 4.39 Å². The van der Waals surface area contributed by atoms with Crippen molar-refractivity contribution in [1.29, 1.82) is 0 Å². The van der Waals surface area contributed by atoms with Gasteiger partial charge in [-0.05, 0) is 41.7 Å². The van der Waals surface area contributed by atoms with Crippen molar-refractivity contribution in [2.75, 3.05) is 0 Å². The zero-order valence-corrected chi connectivity index (χ0v) is 10.9. The molecule has 0 aliphatic rings. The van der Waals surface area contributed by atoms with Gasteiger partial charge in [-0.3, -0.25) is 0 Å². The number of hydrogen-bond acceptors (Lipinski definition) is 0. The lowest BCUT2D eigenvalue weighted by molar-refractivity contribution is 0.621. The Hall–Kier alpha value is -2.09. The highest BCUT2D eigenvalue weighted by Crippen LogP contribution is 2.25. The van der Waals surface area contributed by atoms with E-state index in [-0.39, 0.29) is 5.82 Å². The van der Waals surface area contributed by atoms with Crippen molar-refractivity contribution in [2.24, 2.45) is 0 Å². The minimum Gasteiger partial charge on any atom is -0.361 e. The Morgan fingerprint density at radius 3 is 2.79 bits per heavy atom. The first kappa shape index (κ1) is 12.0. The summed E-state index contributed by atoms with van der Waals surface area (Å²) >= 11 is 0. The zero-order valence-electron chi connectivity index (χ0n) is 10.9. The molecule has 0 saturated heterocycles. The van der Waals surface area contributed by atoms with E-state index in [1.54, 1.807) is 12.1 Å². The quantitative estimate of drug-likeness (QED) is 0.699. The van der Waals surface area contributed by atoms with Gasteiger partial charge in [-0.1, -0.05) is 37.3 Å². The molecule has 0 aliphatic carbocycles. The van der Waals surface area contributed by atoms with Crippen molar-refractivity contribution >= 4 is 10.9 Å². The smallest absolute Gasteiger partial charge is 0.123 e. The van der Waals surface area contributed by atoms with E-state index >= 15 is 0 Å². The molecule has 3 rings (SSSR count). The topological polar surface area (TPSA) is 15.8 Å². The first-order valence-electron chi connectivity index (χ1n) is 6.54. The predicted octanol–water partition coefficient (Wildman–Crippen LogP) is 4.65. The highest BCUT2D eigenvalue weighted by molar-refractivity contribution is 5.83. The van der Waals surface area contributed by atoms with Gasteiger partial charge in [-0.15, -0.1) is 0 Å². The fraction of sp³-hybridized carbons (Fsp3) is 0.176. The number of rotatable bonds is 3. The highest BCUT2D eigenvalue weighted by atomic mass is 19.1. The molecule has 1 atom stereocenters. The number of aromatic amines is 1. The largest absolute Gasteiger partial charge is 0.361 e. The molecule has 2 aromatic carbocycles. The summed E-state index contributed by atoms with van der Waals surface area (Å²) < 4.78 is 13.3. The van der Waals surface area contributed by atoms with Gasteiger partial charge in [-0.2, -0.15) is 0 Å². The van der Waals surface area contributed by atoms with Crippen molar-refractivity contribution in [3.63, 3.8) is 0 Å². The minimum absolute atomic E-state index is 0.164. The molecular formula is C17H16FN. The predicted molar refractivity (Wildman–Crippen MR) is 76.8 cm³/mol. The second-order valence-corrected chi connectivity index (χ2v) is 5.02. The van der Waals surface area contributed by atoms with E-state index in [9.17, 15) is 4.39 Å². The van der Waals surface area contributed by atoms with E-state index in [0.717, 1.165) is 17.5 Å². The van der Waals surface area contributed by atoms with Crippen LogP contribution in [0, 0.1) is 5.82 Å². The second kappa shape index (κ2) is 4.88. The Morgan fingerprint density at radius 2 is 1.95 bits per heavy atom. The maximum atomic E-state index is 13.3. The number of hydrogen-bond donors (Lipinski definition) is 1. The number of H-pyrrole nitrogens is 1. The van der Waals surface area contributed by atoms with Crippen molar-refractivity contribution in [3.8, 4) is 0 Å². The summed E-state index contributed by atoms with van der Waals surface area (Å²) in [5.74, 6) is 0.137. The molecule has 0 bridgehead atoms. The van der Waals surface area contributed by atoms with E-state index in [1.807, 2.05) is 18.2 Å². The second-order valence-electron chi connectivity index (χ2n) is 5.02. The molecule has 19 heavy (non-hydrogen) atoms. The third-order valence-electron chi connectivity index (χ3n) is 3.62. The SMILES string of the molecule is C[C@H](Cc1c[nH]c2ccccc12)c1cccc(F)c1. The molecule has 96 valence electrons. The van der Waals surface area contributed by atoms with Crippen molar-refractivity contribution in [1.82, 2.24) is 4.98 Å². The average Bonchev–Trinajstić information content (AvgIpc) is 2.82. The van der Waals surface area contributed by atoms with Gasteiger partial charge in [0.05, 0.1) is 0 Å². The lowest BCUT2D eigenvalue weighted by Crippen LogP contribution is -1.98. The summed E-state index contributed by atoms with van der Waals surface area (Å²) in [4.78, 5) is 3.28. The molecular weight excluding hydrogens is 237 g/mol. The fourth-order valence-corrected chi connectivity index (χ4v) is 2.56. The van der Waals surface area contributed by atoms with Crippen molar-refractivity contribution in [2.45, 2.75) is 19.3 Å². The van der Waals surface area contributed by atoms with Crippen LogP contribution in [0.15, 0.2) is 54.7 Å². The molecule has 1 N–H and O–H groups in total. The molecule has 1 heterocycles. The Labute approximate surface area is 112 Å². The molecule has 1 aromatic heterocycles. The Kier molecular flexibility index (Phi) is 3.08. The highest BCUT2D eigenvalue weighted by Gasteiger charge is 2.10.